The first kappa shape index (κ1) is 16.5. The van der Waals surface area contributed by atoms with Gasteiger partial charge in [0.15, 0.2) is 0 Å². The molecule has 0 aliphatic carbocycles. The number of ether oxygens (including phenoxy) is 1. The topological polar surface area (TPSA) is 85.2 Å². The molecular formula is C16H22N6O2. The first-order valence-electron chi connectivity index (χ1n) is 8.02. The first-order chi connectivity index (χ1) is 11.6. The van der Waals surface area contributed by atoms with E-state index in [9.17, 15) is 4.79 Å². The molecule has 1 aliphatic heterocycles. The molecule has 2 aromatic rings. The number of carbonyl (C=O) groups is 1. The molecule has 0 unspecified atom stereocenters. The molecule has 0 bridgehead atoms. The van der Waals surface area contributed by atoms with Crippen molar-refractivity contribution in [3.63, 3.8) is 0 Å². The van der Waals surface area contributed by atoms with Gasteiger partial charge in [0.05, 0.1) is 37.7 Å². The Balaban J connectivity index is 1.52. The molecule has 1 amide bonds. The number of pyridine rings is 1. The van der Waals surface area contributed by atoms with E-state index in [0.29, 0.717) is 31.9 Å². The molecule has 3 rings (SSSR count). The van der Waals surface area contributed by atoms with Crippen molar-refractivity contribution in [2.75, 3.05) is 31.6 Å². The average molecular weight is 330 g/mol. The van der Waals surface area contributed by atoms with Crippen molar-refractivity contribution in [3.05, 3.63) is 36.2 Å². The summed E-state index contributed by atoms with van der Waals surface area (Å²) in [7, 11) is 0. The van der Waals surface area contributed by atoms with Gasteiger partial charge >= 0.3 is 0 Å². The van der Waals surface area contributed by atoms with E-state index in [4.69, 9.17) is 4.74 Å². The largest absolute Gasteiger partial charge is 0.374 e. The lowest BCUT2D eigenvalue weighted by Gasteiger charge is -2.32. The predicted molar refractivity (Wildman–Crippen MR) is 88.5 cm³/mol. The number of nitrogens with zero attached hydrogens (tertiary/aromatic N) is 5. The summed E-state index contributed by atoms with van der Waals surface area (Å²) in [5.74, 6) is 1.59. The number of anilines is 1. The Morgan fingerprint density at radius 3 is 3.04 bits per heavy atom. The average Bonchev–Trinajstić information content (AvgIpc) is 2.86. The number of hydrogen-bond donors (Lipinski definition) is 1. The van der Waals surface area contributed by atoms with E-state index >= 15 is 0 Å². The third kappa shape index (κ3) is 4.36. The summed E-state index contributed by atoms with van der Waals surface area (Å²) in [5.41, 5.74) is 0.709. The number of amides is 1. The lowest BCUT2D eigenvalue weighted by atomic mass is 10.2. The Morgan fingerprint density at radius 1 is 1.46 bits per heavy atom. The maximum atomic E-state index is 12.2. The van der Waals surface area contributed by atoms with Crippen LogP contribution in [0.3, 0.4) is 0 Å². The second kappa shape index (κ2) is 7.50. The highest BCUT2D eigenvalue weighted by Crippen LogP contribution is 2.09. The zero-order valence-corrected chi connectivity index (χ0v) is 14.0. The molecule has 0 radical (unpaired) electrons. The third-order valence-electron chi connectivity index (χ3n) is 3.87. The molecular weight excluding hydrogens is 308 g/mol. The van der Waals surface area contributed by atoms with Crippen LogP contribution in [0.2, 0.25) is 0 Å². The summed E-state index contributed by atoms with van der Waals surface area (Å²) in [6.45, 7) is 6.84. The molecule has 1 N–H and O–H groups in total. The van der Waals surface area contributed by atoms with E-state index in [1.54, 1.807) is 18.5 Å². The Bertz CT molecular complexity index is 687. The number of hydrogen-bond acceptors (Lipinski definition) is 6. The van der Waals surface area contributed by atoms with Crippen LogP contribution in [-0.4, -0.2) is 62.9 Å². The van der Waals surface area contributed by atoms with Crippen LogP contribution in [-0.2, 0) is 16.1 Å². The summed E-state index contributed by atoms with van der Waals surface area (Å²) in [6, 6.07) is 3.62. The second-order valence-electron chi connectivity index (χ2n) is 5.91. The molecule has 1 aliphatic rings. The maximum Gasteiger partial charge on any atom is 0.238 e. The highest BCUT2D eigenvalue weighted by Gasteiger charge is 2.23. The quantitative estimate of drug-likeness (QED) is 0.865. The lowest BCUT2D eigenvalue weighted by molar-refractivity contribution is -0.119. The normalized spacial score (nSPS) is 18.5. The summed E-state index contributed by atoms with van der Waals surface area (Å²) in [6.07, 6.45) is 3.32. The molecule has 24 heavy (non-hydrogen) atoms. The Kier molecular flexibility index (Phi) is 5.17. The zero-order chi connectivity index (χ0) is 16.9. The second-order valence-corrected chi connectivity index (χ2v) is 5.91. The number of aryl methyl sites for hydroxylation is 2. The fraction of sp³-hybridized carbons (Fsp3) is 0.500. The van der Waals surface area contributed by atoms with Crippen molar-refractivity contribution in [3.8, 4) is 0 Å². The van der Waals surface area contributed by atoms with Crippen LogP contribution in [0.15, 0.2) is 24.5 Å². The summed E-state index contributed by atoms with van der Waals surface area (Å²) < 4.78 is 7.66. The Labute approximate surface area is 140 Å². The number of aromatic nitrogens is 4. The van der Waals surface area contributed by atoms with Gasteiger partial charge in [0.2, 0.25) is 5.91 Å². The number of carbonyl (C=O) groups excluding carboxylic acids is 1. The molecule has 1 atom stereocenters. The van der Waals surface area contributed by atoms with Crippen molar-refractivity contribution >= 4 is 11.6 Å². The van der Waals surface area contributed by atoms with Gasteiger partial charge in [-0.15, -0.1) is 0 Å². The Morgan fingerprint density at radius 2 is 2.33 bits per heavy atom. The minimum Gasteiger partial charge on any atom is -0.374 e. The van der Waals surface area contributed by atoms with Crippen LogP contribution in [0.5, 0.6) is 0 Å². The fourth-order valence-electron chi connectivity index (χ4n) is 2.80. The predicted octanol–water partition coefficient (Wildman–Crippen LogP) is 0.629. The monoisotopic (exact) mass is 330 g/mol. The number of nitrogens with one attached hydrogen (secondary N) is 1. The molecule has 0 aromatic carbocycles. The highest BCUT2D eigenvalue weighted by atomic mass is 16.5. The van der Waals surface area contributed by atoms with Crippen LogP contribution < -0.4 is 5.32 Å². The van der Waals surface area contributed by atoms with Crippen LogP contribution >= 0.6 is 0 Å². The number of morpholine rings is 1. The van der Waals surface area contributed by atoms with Gasteiger partial charge in [0, 0.05) is 19.3 Å². The maximum absolute atomic E-state index is 12.2. The van der Waals surface area contributed by atoms with E-state index in [0.717, 1.165) is 18.2 Å². The van der Waals surface area contributed by atoms with Gasteiger partial charge in [-0.2, -0.15) is 5.10 Å². The van der Waals surface area contributed by atoms with E-state index < -0.39 is 0 Å². The van der Waals surface area contributed by atoms with Crippen molar-refractivity contribution in [2.24, 2.45) is 0 Å². The SMILES string of the molecule is Cc1nc(C)n(C[C@H]2CN(CC(=O)Nc3cccnc3)CCO2)n1. The van der Waals surface area contributed by atoms with Crippen molar-refractivity contribution in [2.45, 2.75) is 26.5 Å². The van der Waals surface area contributed by atoms with Crippen molar-refractivity contribution in [1.29, 1.82) is 0 Å². The third-order valence-corrected chi connectivity index (χ3v) is 3.87. The van der Waals surface area contributed by atoms with Crippen LogP contribution in [0.1, 0.15) is 11.6 Å². The van der Waals surface area contributed by atoms with Crippen LogP contribution in [0, 0.1) is 13.8 Å². The van der Waals surface area contributed by atoms with Crippen LogP contribution in [0.25, 0.3) is 0 Å². The van der Waals surface area contributed by atoms with E-state index in [-0.39, 0.29) is 12.0 Å². The van der Waals surface area contributed by atoms with Crippen molar-refractivity contribution < 1.29 is 9.53 Å². The molecule has 128 valence electrons. The summed E-state index contributed by atoms with van der Waals surface area (Å²) in [4.78, 5) is 22.5. The fourth-order valence-corrected chi connectivity index (χ4v) is 2.80. The minimum atomic E-state index is -0.0450. The van der Waals surface area contributed by atoms with Gasteiger partial charge in [-0.3, -0.25) is 14.7 Å². The van der Waals surface area contributed by atoms with E-state index in [1.807, 2.05) is 24.6 Å². The van der Waals surface area contributed by atoms with Gasteiger partial charge in [-0.1, -0.05) is 0 Å². The molecule has 1 saturated heterocycles. The smallest absolute Gasteiger partial charge is 0.238 e. The van der Waals surface area contributed by atoms with E-state index in [1.165, 1.54) is 0 Å². The first-order valence-corrected chi connectivity index (χ1v) is 8.02. The summed E-state index contributed by atoms with van der Waals surface area (Å²) >= 11 is 0. The van der Waals surface area contributed by atoms with Gasteiger partial charge < -0.3 is 10.1 Å². The molecule has 3 heterocycles. The van der Waals surface area contributed by atoms with E-state index in [2.05, 4.69) is 25.3 Å². The molecule has 8 heteroatoms. The number of rotatable bonds is 5. The minimum absolute atomic E-state index is 0.00439. The standard InChI is InChI=1S/C16H22N6O2/c1-12-18-13(2)22(20-12)10-15-9-21(6-7-24-15)11-16(23)19-14-4-3-5-17-8-14/h3-5,8,15H,6-7,9-11H2,1-2H3,(H,19,23)/t15-/m1/s1. The van der Waals surface area contributed by atoms with Crippen LogP contribution in [0.4, 0.5) is 5.69 Å². The van der Waals surface area contributed by atoms with Gasteiger partial charge in [0.1, 0.15) is 11.6 Å². The Hall–Kier alpha value is -2.32. The molecule has 0 spiro atoms. The van der Waals surface area contributed by atoms with Crippen molar-refractivity contribution in [1.82, 2.24) is 24.6 Å². The zero-order valence-electron chi connectivity index (χ0n) is 14.0. The lowest BCUT2D eigenvalue weighted by Crippen LogP contribution is -2.47. The highest BCUT2D eigenvalue weighted by molar-refractivity contribution is 5.92. The molecule has 1 fully saturated rings. The van der Waals surface area contributed by atoms with Gasteiger partial charge in [-0.05, 0) is 26.0 Å². The van der Waals surface area contributed by atoms with Gasteiger partial charge in [0.25, 0.3) is 0 Å². The molecule has 2 aromatic heterocycles. The molecule has 8 nitrogen and oxygen atoms in total. The molecule has 0 saturated carbocycles. The summed E-state index contributed by atoms with van der Waals surface area (Å²) in [5, 5.41) is 7.22. The van der Waals surface area contributed by atoms with Gasteiger partial charge in [-0.25, -0.2) is 9.67 Å².